The minimum absolute atomic E-state index is 0.360. The van der Waals surface area contributed by atoms with Gasteiger partial charge < -0.3 is 15.8 Å². The first kappa shape index (κ1) is 16.7. The maximum absolute atomic E-state index is 11.7. The van der Waals surface area contributed by atoms with E-state index in [1.165, 1.54) is 0 Å². The quantitative estimate of drug-likeness (QED) is 0.837. The number of hydrogen-bond acceptors (Lipinski definition) is 4. The molecule has 1 aromatic rings. The molecule has 1 amide bonds. The second kappa shape index (κ2) is 6.41. The van der Waals surface area contributed by atoms with Crippen molar-refractivity contribution in [2.24, 2.45) is 5.73 Å². The van der Waals surface area contributed by atoms with Crippen LogP contribution in [-0.4, -0.2) is 29.8 Å². The molecule has 0 aliphatic heterocycles. The molecule has 0 aromatic carbocycles. The van der Waals surface area contributed by atoms with Gasteiger partial charge in [-0.15, -0.1) is 0 Å². The summed E-state index contributed by atoms with van der Waals surface area (Å²) in [4.78, 5) is 15.7. The number of carbonyl (C=O) groups is 1. The van der Waals surface area contributed by atoms with E-state index in [0.29, 0.717) is 18.2 Å². The maximum atomic E-state index is 11.7. The Hall–Kier alpha value is -1.33. The molecule has 112 valence electrons. The highest BCUT2D eigenvalue weighted by Gasteiger charge is 2.27. The lowest BCUT2D eigenvalue weighted by atomic mass is 9.83. The van der Waals surface area contributed by atoms with Crippen LogP contribution >= 0.6 is 11.6 Å². The van der Waals surface area contributed by atoms with E-state index in [1.54, 1.807) is 12.3 Å². The summed E-state index contributed by atoms with van der Waals surface area (Å²) in [5.74, 6) is 0. The molecule has 1 rings (SSSR count). The molecule has 0 radical (unpaired) electrons. The Bertz CT molecular complexity index is 474. The van der Waals surface area contributed by atoms with Crippen LogP contribution in [0, 0.1) is 0 Å². The minimum atomic E-state index is -0.525. The number of nitrogens with zero attached hydrogens (tertiary/aromatic N) is 1. The molecule has 0 saturated carbocycles. The van der Waals surface area contributed by atoms with Crippen LogP contribution in [0.25, 0.3) is 0 Å². The lowest BCUT2D eigenvalue weighted by Crippen LogP contribution is -2.45. The van der Waals surface area contributed by atoms with Crippen molar-refractivity contribution in [2.75, 3.05) is 13.1 Å². The van der Waals surface area contributed by atoms with Gasteiger partial charge in [0, 0.05) is 24.7 Å². The molecule has 1 aromatic heterocycles. The number of carbonyl (C=O) groups excluding carboxylic acids is 1. The number of hydrogen-bond donors (Lipinski definition) is 2. The fourth-order valence-corrected chi connectivity index (χ4v) is 1.83. The van der Waals surface area contributed by atoms with Gasteiger partial charge in [0.25, 0.3) is 0 Å². The SMILES string of the molecule is CC(C)(C)OC(=O)NCC(C)(CN)c1ccnc(Cl)c1. The van der Waals surface area contributed by atoms with E-state index in [0.717, 1.165) is 5.56 Å². The highest BCUT2D eigenvalue weighted by Crippen LogP contribution is 2.23. The number of rotatable bonds is 4. The first-order valence-corrected chi connectivity index (χ1v) is 6.83. The number of ether oxygens (including phenoxy) is 1. The monoisotopic (exact) mass is 299 g/mol. The molecule has 0 spiro atoms. The predicted molar refractivity (Wildman–Crippen MR) is 79.9 cm³/mol. The van der Waals surface area contributed by atoms with Gasteiger partial charge in [0.1, 0.15) is 10.8 Å². The Morgan fingerprint density at radius 1 is 1.45 bits per heavy atom. The number of alkyl carbamates (subject to hydrolysis) is 1. The first-order valence-electron chi connectivity index (χ1n) is 6.45. The summed E-state index contributed by atoms with van der Waals surface area (Å²) in [5, 5.41) is 3.15. The van der Waals surface area contributed by atoms with E-state index in [9.17, 15) is 4.79 Å². The van der Waals surface area contributed by atoms with Crippen molar-refractivity contribution in [1.82, 2.24) is 10.3 Å². The highest BCUT2D eigenvalue weighted by molar-refractivity contribution is 6.29. The standard InChI is InChI=1S/C14H22ClN3O2/c1-13(2,3)20-12(19)18-9-14(4,8-16)10-5-6-17-11(15)7-10/h5-7H,8-9,16H2,1-4H3,(H,18,19). The summed E-state index contributed by atoms with van der Waals surface area (Å²) < 4.78 is 5.21. The van der Waals surface area contributed by atoms with E-state index in [4.69, 9.17) is 22.1 Å². The van der Waals surface area contributed by atoms with Gasteiger partial charge in [-0.1, -0.05) is 18.5 Å². The Labute approximate surface area is 124 Å². The molecular formula is C14H22ClN3O2. The van der Waals surface area contributed by atoms with E-state index in [-0.39, 0.29) is 0 Å². The average Bonchev–Trinajstić information content (AvgIpc) is 2.34. The van der Waals surface area contributed by atoms with Crippen LogP contribution in [0.5, 0.6) is 0 Å². The number of aromatic nitrogens is 1. The third kappa shape index (κ3) is 4.98. The second-order valence-corrected chi connectivity index (χ2v) is 6.37. The van der Waals surface area contributed by atoms with Crippen molar-refractivity contribution < 1.29 is 9.53 Å². The number of nitrogens with two attached hydrogens (primary N) is 1. The minimum Gasteiger partial charge on any atom is -0.444 e. The van der Waals surface area contributed by atoms with Crippen molar-refractivity contribution in [3.05, 3.63) is 29.0 Å². The summed E-state index contributed by atoms with van der Waals surface area (Å²) in [6.45, 7) is 8.13. The first-order chi connectivity index (χ1) is 9.16. The smallest absolute Gasteiger partial charge is 0.407 e. The third-order valence-corrected chi connectivity index (χ3v) is 3.10. The van der Waals surface area contributed by atoms with Crippen LogP contribution in [0.2, 0.25) is 5.15 Å². The fraction of sp³-hybridized carbons (Fsp3) is 0.571. The lowest BCUT2D eigenvalue weighted by molar-refractivity contribution is 0.0516. The molecule has 0 fully saturated rings. The molecule has 0 saturated heterocycles. The Balaban J connectivity index is 2.74. The summed E-state index contributed by atoms with van der Waals surface area (Å²) >= 11 is 5.89. The van der Waals surface area contributed by atoms with Crippen LogP contribution in [0.1, 0.15) is 33.3 Å². The van der Waals surface area contributed by atoms with Gasteiger partial charge in [0.15, 0.2) is 0 Å². The maximum Gasteiger partial charge on any atom is 0.407 e. The van der Waals surface area contributed by atoms with Crippen molar-refractivity contribution in [3.8, 4) is 0 Å². The third-order valence-electron chi connectivity index (χ3n) is 2.90. The Morgan fingerprint density at radius 3 is 2.60 bits per heavy atom. The van der Waals surface area contributed by atoms with Gasteiger partial charge in [-0.25, -0.2) is 9.78 Å². The zero-order valence-corrected chi connectivity index (χ0v) is 13.1. The van der Waals surface area contributed by atoms with Crippen LogP contribution in [0.4, 0.5) is 4.79 Å². The normalized spacial score (nSPS) is 14.5. The van der Waals surface area contributed by atoms with Crippen LogP contribution in [-0.2, 0) is 10.2 Å². The summed E-state index contributed by atoms with van der Waals surface area (Å²) in [6, 6.07) is 3.60. The molecule has 1 unspecified atom stereocenters. The summed E-state index contributed by atoms with van der Waals surface area (Å²) in [7, 11) is 0. The molecule has 0 aliphatic carbocycles. The average molecular weight is 300 g/mol. The van der Waals surface area contributed by atoms with Gasteiger partial charge >= 0.3 is 6.09 Å². The lowest BCUT2D eigenvalue weighted by Gasteiger charge is -2.29. The highest BCUT2D eigenvalue weighted by atomic mass is 35.5. The second-order valence-electron chi connectivity index (χ2n) is 5.99. The molecule has 0 bridgehead atoms. The van der Waals surface area contributed by atoms with E-state index >= 15 is 0 Å². The molecule has 3 N–H and O–H groups in total. The Morgan fingerprint density at radius 2 is 2.10 bits per heavy atom. The van der Waals surface area contributed by atoms with Crippen molar-refractivity contribution in [1.29, 1.82) is 0 Å². The summed E-state index contributed by atoms with van der Waals surface area (Å²) in [5.41, 5.74) is 5.82. The predicted octanol–water partition coefficient (Wildman–Crippen LogP) is 2.48. The van der Waals surface area contributed by atoms with E-state index in [2.05, 4.69) is 10.3 Å². The van der Waals surface area contributed by atoms with Gasteiger partial charge in [-0.2, -0.15) is 0 Å². The largest absolute Gasteiger partial charge is 0.444 e. The molecule has 5 nitrogen and oxygen atoms in total. The molecule has 1 heterocycles. The van der Waals surface area contributed by atoms with Crippen LogP contribution in [0.15, 0.2) is 18.3 Å². The number of amides is 1. The number of nitrogens with one attached hydrogen (secondary N) is 1. The summed E-state index contributed by atoms with van der Waals surface area (Å²) in [6.07, 6.45) is 1.16. The zero-order valence-electron chi connectivity index (χ0n) is 12.4. The number of pyridine rings is 1. The molecular weight excluding hydrogens is 278 g/mol. The number of halogens is 1. The van der Waals surface area contributed by atoms with E-state index < -0.39 is 17.1 Å². The van der Waals surface area contributed by atoms with Crippen molar-refractivity contribution in [3.63, 3.8) is 0 Å². The van der Waals surface area contributed by atoms with E-state index in [1.807, 2.05) is 33.8 Å². The van der Waals surface area contributed by atoms with Crippen LogP contribution in [0.3, 0.4) is 0 Å². The van der Waals surface area contributed by atoms with Gasteiger partial charge in [0.05, 0.1) is 0 Å². The van der Waals surface area contributed by atoms with Gasteiger partial charge in [-0.05, 0) is 38.5 Å². The molecule has 6 heteroatoms. The molecule has 20 heavy (non-hydrogen) atoms. The van der Waals surface area contributed by atoms with Crippen molar-refractivity contribution in [2.45, 2.75) is 38.7 Å². The molecule has 1 atom stereocenters. The fourth-order valence-electron chi connectivity index (χ4n) is 1.65. The molecule has 0 aliphatic rings. The van der Waals surface area contributed by atoms with Gasteiger partial charge in [-0.3, -0.25) is 0 Å². The van der Waals surface area contributed by atoms with Gasteiger partial charge in [0.2, 0.25) is 0 Å². The Kier molecular flexibility index (Phi) is 5.36. The van der Waals surface area contributed by atoms with Crippen LogP contribution < -0.4 is 11.1 Å². The zero-order chi connectivity index (χ0) is 15.4. The van der Waals surface area contributed by atoms with Crippen molar-refractivity contribution >= 4 is 17.7 Å². The topological polar surface area (TPSA) is 77.2 Å².